The average molecular weight is 402 g/mol. The van der Waals surface area contributed by atoms with Gasteiger partial charge in [-0.2, -0.15) is 0 Å². The van der Waals surface area contributed by atoms with E-state index in [9.17, 15) is 14.4 Å². The second kappa shape index (κ2) is 8.97. The van der Waals surface area contributed by atoms with Gasteiger partial charge in [0, 0.05) is 17.3 Å². The van der Waals surface area contributed by atoms with E-state index < -0.39 is 23.9 Å². The van der Waals surface area contributed by atoms with Crippen LogP contribution >= 0.6 is 11.3 Å². The lowest BCUT2D eigenvalue weighted by atomic mass is 9.95. The van der Waals surface area contributed by atoms with Crippen LogP contribution in [-0.4, -0.2) is 36.0 Å². The predicted molar refractivity (Wildman–Crippen MR) is 105 cm³/mol. The van der Waals surface area contributed by atoms with Crippen LogP contribution in [0, 0.1) is 0 Å². The van der Waals surface area contributed by atoms with Crippen LogP contribution in [0.1, 0.15) is 57.3 Å². The molecule has 3 rings (SSSR count). The van der Waals surface area contributed by atoms with Crippen molar-refractivity contribution in [2.24, 2.45) is 0 Å². The van der Waals surface area contributed by atoms with Crippen molar-refractivity contribution in [3.63, 3.8) is 0 Å². The molecule has 1 atom stereocenters. The second-order valence-electron chi connectivity index (χ2n) is 6.43. The number of amides is 1. The van der Waals surface area contributed by atoms with Crippen molar-refractivity contribution in [2.45, 2.75) is 45.1 Å². The van der Waals surface area contributed by atoms with Crippen LogP contribution in [0.25, 0.3) is 0 Å². The fourth-order valence-corrected chi connectivity index (χ4v) is 4.45. The molecule has 0 aromatic carbocycles. The largest absolute Gasteiger partial charge is 0.465 e. The lowest BCUT2D eigenvalue weighted by Gasteiger charge is -2.16. The smallest absolute Gasteiger partial charge is 0.341 e. The van der Waals surface area contributed by atoms with Crippen LogP contribution in [0.4, 0.5) is 5.00 Å². The molecule has 2 heterocycles. The molecule has 148 valence electrons. The third kappa shape index (κ3) is 4.22. The van der Waals surface area contributed by atoms with E-state index in [1.807, 2.05) is 0 Å². The molecule has 0 fully saturated rings. The van der Waals surface area contributed by atoms with E-state index >= 15 is 0 Å². The zero-order valence-corrected chi connectivity index (χ0v) is 16.6. The summed E-state index contributed by atoms with van der Waals surface area (Å²) in [6.45, 7) is 1.75. The molecule has 1 unspecified atom stereocenters. The average Bonchev–Trinajstić information content (AvgIpc) is 3.09. The summed E-state index contributed by atoms with van der Waals surface area (Å²) >= 11 is 1.40. The quantitative estimate of drug-likeness (QED) is 0.745. The minimum atomic E-state index is -0.967. The Morgan fingerprint density at radius 1 is 1.18 bits per heavy atom. The topological polar surface area (TPSA) is 94.6 Å². The molecule has 1 amide bonds. The summed E-state index contributed by atoms with van der Waals surface area (Å²) < 4.78 is 10.3. The Morgan fingerprint density at radius 2 is 1.89 bits per heavy atom. The minimum absolute atomic E-state index is 0.307. The van der Waals surface area contributed by atoms with Gasteiger partial charge in [-0.1, -0.05) is 6.92 Å². The van der Waals surface area contributed by atoms with E-state index in [4.69, 9.17) is 9.47 Å². The van der Waals surface area contributed by atoms with Gasteiger partial charge in [0.25, 0.3) is 5.91 Å². The molecule has 0 bridgehead atoms. The number of rotatable bonds is 6. The van der Waals surface area contributed by atoms with E-state index in [0.717, 1.165) is 36.1 Å². The second-order valence-corrected chi connectivity index (χ2v) is 7.54. The molecule has 1 N–H and O–H groups in total. The highest BCUT2D eigenvalue weighted by Gasteiger charge is 2.29. The van der Waals surface area contributed by atoms with Crippen molar-refractivity contribution in [1.29, 1.82) is 0 Å². The van der Waals surface area contributed by atoms with E-state index in [2.05, 4.69) is 10.3 Å². The summed E-state index contributed by atoms with van der Waals surface area (Å²) in [7, 11) is 1.33. The van der Waals surface area contributed by atoms with Crippen molar-refractivity contribution in [3.8, 4) is 0 Å². The number of fused-ring (bicyclic) bond motifs is 1. The summed E-state index contributed by atoms with van der Waals surface area (Å²) in [5.41, 5.74) is 1.70. The Kier molecular flexibility index (Phi) is 6.41. The van der Waals surface area contributed by atoms with Crippen LogP contribution in [0.5, 0.6) is 0 Å². The number of nitrogens with one attached hydrogen (secondary N) is 1. The van der Waals surface area contributed by atoms with Gasteiger partial charge < -0.3 is 14.8 Å². The first kappa shape index (κ1) is 20.0. The first-order valence-electron chi connectivity index (χ1n) is 9.19. The molecule has 7 nitrogen and oxygen atoms in total. The number of aryl methyl sites for hydroxylation is 1. The van der Waals surface area contributed by atoms with Crippen LogP contribution in [0.15, 0.2) is 24.5 Å². The van der Waals surface area contributed by atoms with Gasteiger partial charge in [-0.3, -0.25) is 9.78 Å². The first-order chi connectivity index (χ1) is 13.5. The van der Waals surface area contributed by atoms with Gasteiger partial charge >= 0.3 is 11.9 Å². The van der Waals surface area contributed by atoms with E-state index in [0.29, 0.717) is 22.5 Å². The minimum Gasteiger partial charge on any atom is -0.465 e. The highest BCUT2D eigenvalue weighted by molar-refractivity contribution is 7.17. The Morgan fingerprint density at radius 3 is 2.57 bits per heavy atom. The van der Waals surface area contributed by atoms with Crippen molar-refractivity contribution < 1.29 is 23.9 Å². The number of ether oxygens (including phenoxy) is 2. The number of anilines is 1. The molecular formula is C20H22N2O5S. The highest BCUT2D eigenvalue weighted by Crippen LogP contribution is 2.38. The van der Waals surface area contributed by atoms with Gasteiger partial charge in [-0.05, 0) is 49.8 Å². The molecule has 1 aliphatic rings. The molecule has 0 radical (unpaired) electrons. The van der Waals surface area contributed by atoms with Crippen molar-refractivity contribution in [1.82, 2.24) is 4.98 Å². The zero-order chi connectivity index (χ0) is 20.1. The fraction of sp³-hybridized carbons (Fsp3) is 0.400. The molecule has 0 saturated heterocycles. The van der Waals surface area contributed by atoms with Gasteiger partial charge in [0.2, 0.25) is 0 Å². The molecule has 2 aromatic rings. The SMILES string of the molecule is CCC(OC(=O)c1ccncc1)C(=O)Nc1sc2c(c1C(=O)OC)CCCC2. The summed E-state index contributed by atoms with van der Waals surface area (Å²) in [6, 6.07) is 3.05. The van der Waals surface area contributed by atoms with Crippen molar-refractivity contribution in [2.75, 3.05) is 12.4 Å². The third-order valence-electron chi connectivity index (χ3n) is 4.63. The molecule has 28 heavy (non-hydrogen) atoms. The molecule has 2 aromatic heterocycles. The molecule has 0 spiro atoms. The van der Waals surface area contributed by atoms with E-state index in [1.165, 1.54) is 43.0 Å². The summed E-state index contributed by atoms with van der Waals surface area (Å²) in [4.78, 5) is 42.2. The molecule has 0 saturated carbocycles. The molecule has 1 aliphatic carbocycles. The Bertz CT molecular complexity index is 878. The molecule has 0 aliphatic heterocycles. The van der Waals surface area contributed by atoms with Gasteiger partial charge in [-0.25, -0.2) is 9.59 Å². The Labute approximate surface area is 167 Å². The third-order valence-corrected chi connectivity index (χ3v) is 5.83. The summed E-state index contributed by atoms with van der Waals surface area (Å²) in [5, 5.41) is 3.24. The lowest BCUT2D eigenvalue weighted by molar-refractivity contribution is -0.124. The molecule has 8 heteroatoms. The lowest BCUT2D eigenvalue weighted by Crippen LogP contribution is -2.32. The van der Waals surface area contributed by atoms with Gasteiger partial charge in [0.1, 0.15) is 5.00 Å². The van der Waals surface area contributed by atoms with Gasteiger partial charge in [-0.15, -0.1) is 11.3 Å². The Hall–Kier alpha value is -2.74. The maximum absolute atomic E-state index is 12.7. The maximum atomic E-state index is 12.7. The monoisotopic (exact) mass is 402 g/mol. The number of methoxy groups -OCH3 is 1. The predicted octanol–water partition coefficient (Wildman–Crippen LogP) is 3.38. The number of hydrogen-bond donors (Lipinski definition) is 1. The molecular weight excluding hydrogens is 380 g/mol. The van der Waals surface area contributed by atoms with Crippen LogP contribution < -0.4 is 5.32 Å². The number of pyridine rings is 1. The van der Waals surface area contributed by atoms with E-state index in [1.54, 1.807) is 6.92 Å². The summed E-state index contributed by atoms with van der Waals surface area (Å²) in [6.07, 6.45) is 6.04. The number of carbonyl (C=O) groups is 3. The maximum Gasteiger partial charge on any atom is 0.341 e. The van der Waals surface area contributed by atoms with Gasteiger partial charge in [0.15, 0.2) is 6.10 Å². The number of hydrogen-bond acceptors (Lipinski definition) is 7. The van der Waals surface area contributed by atoms with E-state index in [-0.39, 0.29) is 0 Å². The zero-order valence-electron chi connectivity index (χ0n) is 15.8. The van der Waals surface area contributed by atoms with Gasteiger partial charge in [0.05, 0.1) is 18.2 Å². The first-order valence-corrected chi connectivity index (χ1v) is 10.0. The fourth-order valence-electron chi connectivity index (χ4n) is 3.17. The number of carbonyl (C=O) groups excluding carboxylic acids is 3. The standard InChI is InChI=1S/C20H22N2O5S/c1-3-14(27-19(24)12-8-10-21-11-9-12)17(23)22-18-16(20(25)26-2)13-6-4-5-7-15(13)28-18/h8-11,14H,3-7H2,1-2H3,(H,22,23). The van der Waals surface area contributed by atoms with Crippen LogP contribution in [-0.2, 0) is 27.1 Å². The number of thiophene rings is 1. The summed E-state index contributed by atoms with van der Waals surface area (Å²) in [5.74, 6) is -1.52. The number of nitrogens with zero attached hydrogens (tertiary/aromatic N) is 1. The number of esters is 2. The number of aromatic nitrogens is 1. The van der Waals surface area contributed by atoms with Crippen LogP contribution in [0.3, 0.4) is 0 Å². The Balaban J connectivity index is 1.78. The van der Waals surface area contributed by atoms with Crippen molar-refractivity contribution in [3.05, 3.63) is 46.1 Å². The highest BCUT2D eigenvalue weighted by atomic mass is 32.1. The van der Waals surface area contributed by atoms with Crippen LogP contribution in [0.2, 0.25) is 0 Å². The normalized spacial score (nSPS) is 13.9. The van der Waals surface area contributed by atoms with Crippen molar-refractivity contribution >= 4 is 34.2 Å².